The smallest absolute Gasteiger partial charge is 0.104 e. The Morgan fingerprint density at radius 2 is 1.94 bits per heavy atom. The lowest BCUT2D eigenvalue weighted by Gasteiger charge is -2.25. The van der Waals surface area contributed by atoms with Gasteiger partial charge in [0.2, 0.25) is 0 Å². The molecule has 1 saturated heterocycles. The van der Waals surface area contributed by atoms with Crippen molar-refractivity contribution >= 4 is 0 Å². The first-order chi connectivity index (χ1) is 8.03. The molecule has 2 atom stereocenters. The van der Waals surface area contributed by atoms with E-state index >= 15 is 0 Å². The van der Waals surface area contributed by atoms with Crippen LogP contribution in [-0.4, -0.2) is 58.9 Å². The number of hydrogen-bond donors (Lipinski definition) is 1. The third kappa shape index (κ3) is 7.68. The van der Waals surface area contributed by atoms with Gasteiger partial charge >= 0.3 is 0 Å². The first-order valence-electron chi connectivity index (χ1n) is 6.05. The van der Waals surface area contributed by atoms with Gasteiger partial charge in [-0.25, -0.2) is 0 Å². The van der Waals surface area contributed by atoms with Crippen LogP contribution in [-0.2, 0) is 18.9 Å². The van der Waals surface area contributed by atoms with E-state index in [1.807, 2.05) is 0 Å². The number of epoxide rings is 1. The molecule has 0 amide bonds. The van der Waals surface area contributed by atoms with Crippen LogP contribution in [0.15, 0.2) is 0 Å². The molecular weight excluding hydrogens is 222 g/mol. The Bertz CT molecular complexity index is 207. The van der Waals surface area contributed by atoms with Crippen LogP contribution >= 0.6 is 0 Å². The third-order valence-corrected chi connectivity index (χ3v) is 2.40. The van der Waals surface area contributed by atoms with E-state index in [1.54, 1.807) is 7.11 Å². The summed E-state index contributed by atoms with van der Waals surface area (Å²) in [6.07, 6.45) is 0.321. The van der Waals surface area contributed by atoms with Gasteiger partial charge in [-0.3, -0.25) is 0 Å². The van der Waals surface area contributed by atoms with Crippen molar-refractivity contribution in [1.82, 2.24) is 0 Å². The number of nitrogens with two attached hydrogens (primary N) is 1. The van der Waals surface area contributed by atoms with Crippen LogP contribution in [0.4, 0.5) is 0 Å². The fraction of sp³-hybridized carbons (Fsp3) is 1.00. The molecule has 1 heterocycles. The largest absolute Gasteiger partial charge is 0.383 e. The van der Waals surface area contributed by atoms with E-state index in [9.17, 15) is 0 Å². The maximum absolute atomic E-state index is 5.76. The highest BCUT2D eigenvalue weighted by Crippen LogP contribution is 2.17. The molecule has 0 aromatic carbocycles. The summed E-state index contributed by atoms with van der Waals surface area (Å²) >= 11 is 0. The summed E-state index contributed by atoms with van der Waals surface area (Å²) in [5, 5.41) is 0. The normalized spacial score (nSPS) is 21.5. The average Bonchev–Trinajstić information content (AvgIpc) is 3.01. The van der Waals surface area contributed by atoms with Crippen molar-refractivity contribution in [2.75, 3.05) is 46.8 Å². The highest BCUT2D eigenvalue weighted by Gasteiger charge is 2.25. The van der Waals surface area contributed by atoms with Crippen LogP contribution in [0, 0.1) is 5.41 Å². The van der Waals surface area contributed by atoms with E-state index in [1.165, 1.54) is 0 Å². The maximum atomic E-state index is 5.76. The van der Waals surface area contributed by atoms with Gasteiger partial charge in [-0.15, -0.1) is 0 Å². The van der Waals surface area contributed by atoms with Crippen molar-refractivity contribution < 1.29 is 18.9 Å². The molecule has 17 heavy (non-hydrogen) atoms. The summed E-state index contributed by atoms with van der Waals surface area (Å²) in [6.45, 7) is 8.10. The van der Waals surface area contributed by atoms with Crippen molar-refractivity contribution in [3.8, 4) is 0 Å². The molecule has 5 heteroatoms. The number of hydrogen-bond acceptors (Lipinski definition) is 5. The molecule has 0 spiro atoms. The standard InChI is InChI=1S/C12H25NO4/c1-12(2,9-16-6-11-7-17-11)8-15-5-10(13)4-14-3/h10-11H,4-9,13H2,1-3H3. The third-order valence-electron chi connectivity index (χ3n) is 2.40. The lowest BCUT2D eigenvalue weighted by molar-refractivity contribution is -0.0142. The summed E-state index contributed by atoms with van der Waals surface area (Å²) in [7, 11) is 1.64. The highest BCUT2D eigenvalue weighted by molar-refractivity contribution is 4.71. The molecular formula is C12H25NO4. The number of rotatable bonds is 10. The van der Waals surface area contributed by atoms with Gasteiger partial charge in [-0.05, 0) is 0 Å². The van der Waals surface area contributed by atoms with Crippen molar-refractivity contribution in [1.29, 1.82) is 0 Å². The number of ether oxygens (including phenoxy) is 4. The summed E-state index contributed by atoms with van der Waals surface area (Å²) in [6, 6.07) is -0.0587. The van der Waals surface area contributed by atoms with Crippen molar-refractivity contribution in [2.45, 2.75) is 26.0 Å². The Kier molecular flexibility index (Phi) is 6.37. The zero-order chi connectivity index (χ0) is 12.7. The van der Waals surface area contributed by atoms with Crippen molar-refractivity contribution in [2.24, 2.45) is 11.1 Å². The zero-order valence-corrected chi connectivity index (χ0v) is 11.1. The Balaban J connectivity index is 2.01. The monoisotopic (exact) mass is 247 g/mol. The topological polar surface area (TPSA) is 66.2 Å². The van der Waals surface area contributed by atoms with Gasteiger partial charge in [0.1, 0.15) is 6.10 Å². The summed E-state index contributed by atoms with van der Waals surface area (Å²) in [5.41, 5.74) is 5.77. The average molecular weight is 247 g/mol. The van der Waals surface area contributed by atoms with Crippen molar-refractivity contribution in [3.05, 3.63) is 0 Å². The minimum atomic E-state index is -0.0587. The fourth-order valence-corrected chi connectivity index (χ4v) is 1.42. The van der Waals surface area contributed by atoms with Gasteiger partial charge < -0.3 is 24.7 Å². The molecule has 0 aromatic heterocycles. The first kappa shape index (κ1) is 14.9. The molecule has 0 aromatic rings. The first-order valence-corrected chi connectivity index (χ1v) is 6.05. The van der Waals surface area contributed by atoms with Gasteiger partial charge in [0.15, 0.2) is 0 Å². The quantitative estimate of drug-likeness (QED) is 0.567. The minimum absolute atomic E-state index is 0.00167. The molecule has 0 radical (unpaired) electrons. The Morgan fingerprint density at radius 1 is 1.29 bits per heavy atom. The maximum Gasteiger partial charge on any atom is 0.104 e. The predicted octanol–water partition coefficient (Wildman–Crippen LogP) is 0.418. The molecule has 1 rings (SSSR count). The molecule has 0 saturated carbocycles. The molecule has 1 fully saturated rings. The molecule has 1 aliphatic heterocycles. The Morgan fingerprint density at radius 3 is 2.53 bits per heavy atom. The van der Waals surface area contributed by atoms with Gasteiger partial charge in [0.05, 0.1) is 45.7 Å². The SMILES string of the molecule is COCC(N)COCC(C)(C)COCC1CO1. The van der Waals surface area contributed by atoms with E-state index in [2.05, 4.69) is 13.8 Å². The lowest BCUT2D eigenvalue weighted by Crippen LogP contribution is -2.34. The Hall–Kier alpha value is -0.200. The van der Waals surface area contributed by atoms with Gasteiger partial charge in [0, 0.05) is 12.5 Å². The molecule has 2 unspecified atom stereocenters. The fourth-order valence-electron chi connectivity index (χ4n) is 1.42. The minimum Gasteiger partial charge on any atom is -0.383 e. The molecule has 0 bridgehead atoms. The lowest BCUT2D eigenvalue weighted by atomic mass is 9.96. The van der Waals surface area contributed by atoms with Crippen molar-refractivity contribution in [3.63, 3.8) is 0 Å². The van der Waals surface area contributed by atoms with Crippen LogP contribution in [0.3, 0.4) is 0 Å². The number of methoxy groups -OCH3 is 1. The second-order valence-electron chi connectivity index (χ2n) is 5.37. The van der Waals surface area contributed by atoms with Gasteiger partial charge in [0.25, 0.3) is 0 Å². The van der Waals surface area contributed by atoms with E-state index in [-0.39, 0.29) is 11.5 Å². The van der Waals surface area contributed by atoms with E-state index < -0.39 is 0 Å². The molecule has 5 nitrogen and oxygen atoms in total. The van der Waals surface area contributed by atoms with Crippen LogP contribution in [0.2, 0.25) is 0 Å². The van der Waals surface area contributed by atoms with Crippen LogP contribution in [0.25, 0.3) is 0 Å². The van der Waals surface area contributed by atoms with Gasteiger partial charge in [-0.1, -0.05) is 13.8 Å². The van der Waals surface area contributed by atoms with Gasteiger partial charge in [-0.2, -0.15) is 0 Å². The second kappa shape index (κ2) is 7.28. The summed E-state index contributed by atoms with van der Waals surface area (Å²) < 4.78 is 21.2. The Labute approximate surface area is 104 Å². The zero-order valence-electron chi connectivity index (χ0n) is 11.1. The molecule has 0 aliphatic carbocycles. The molecule has 1 aliphatic rings. The van der Waals surface area contributed by atoms with E-state index in [0.29, 0.717) is 39.1 Å². The van der Waals surface area contributed by atoms with Crippen LogP contribution in [0.1, 0.15) is 13.8 Å². The van der Waals surface area contributed by atoms with E-state index in [0.717, 1.165) is 6.61 Å². The van der Waals surface area contributed by atoms with Crippen LogP contribution < -0.4 is 5.73 Å². The highest BCUT2D eigenvalue weighted by atomic mass is 16.6. The van der Waals surface area contributed by atoms with Crippen LogP contribution in [0.5, 0.6) is 0 Å². The molecule has 102 valence electrons. The van der Waals surface area contributed by atoms with E-state index in [4.69, 9.17) is 24.7 Å². The predicted molar refractivity (Wildman–Crippen MR) is 65.0 cm³/mol. The summed E-state index contributed by atoms with van der Waals surface area (Å²) in [4.78, 5) is 0. The summed E-state index contributed by atoms with van der Waals surface area (Å²) in [5.74, 6) is 0. The second-order valence-corrected chi connectivity index (χ2v) is 5.37. The molecule has 2 N–H and O–H groups in total.